The molecule has 1 aromatic rings. The summed E-state index contributed by atoms with van der Waals surface area (Å²) in [6.45, 7) is 4.07. The number of rotatable bonds is 5. The fraction of sp³-hybridized carbons (Fsp3) is 0.467. The standard InChI is InChI=1S/C15H21N/c1-3-5-7-12-15(16)14(4-2)13-10-8-6-9-11-13/h6,8-11,14-15H,4,7,12,16H2,1-2H3. The molecule has 16 heavy (non-hydrogen) atoms. The highest BCUT2D eigenvalue weighted by Crippen LogP contribution is 2.24. The lowest BCUT2D eigenvalue weighted by atomic mass is 9.87. The van der Waals surface area contributed by atoms with Crippen molar-refractivity contribution in [1.29, 1.82) is 0 Å². The SMILES string of the molecule is CC#CCCC(N)C(CC)c1ccccc1. The van der Waals surface area contributed by atoms with Crippen molar-refractivity contribution in [1.82, 2.24) is 0 Å². The molecule has 0 radical (unpaired) electrons. The van der Waals surface area contributed by atoms with Crippen LogP contribution in [0.4, 0.5) is 0 Å². The molecule has 0 fully saturated rings. The van der Waals surface area contributed by atoms with E-state index in [-0.39, 0.29) is 6.04 Å². The molecule has 2 unspecified atom stereocenters. The molecule has 1 nitrogen and oxygen atoms in total. The van der Waals surface area contributed by atoms with Gasteiger partial charge in [-0.2, -0.15) is 0 Å². The monoisotopic (exact) mass is 215 g/mol. The lowest BCUT2D eigenvalue weighted by molar-refractivity contribution is 0.493. The molecular weight excluding hydrogens is 194 g/mol. The van der Waals surface area contributed by atoms with Crippen molar-refractivity contribution >= 4 is 0 Å². The van der Waals surface area contributed by atoms with Gasteiger partial charge in [-0.05, 0) is 31.2 Å². The predicted octanol–water partition coefficient (Wildman–Crippen LogP) is 3.31. The maximum absolute atomic E-state index is 6.23. The van der Waals surface area contributed by atoms with E-state index in [0.717, 1.165) is 19.3 Å². The van der Waals surface area contributed by atoms with Crippen molar-refractivity contribution in [3.8, 4) is 11.8 Å². The minimum Gasteiger partial charge on any atom is -0.327 e. The Hall–Kier alpha value is -1.26. The van der Waals surface area contributed by atoms with Crippen molar-refractivity contribution in [2.45, 2.75) is 45.1 Å². The molecule has 0 aliphatic carbocycles. The second kappa shape index (κ2) is 7.09. The molecule has 1 rings (SSSR count). The first-order valence-electron chi connectivity index (χ1n) is 5.99. The topological polar surface area (TPSA) is 26.0 Å². The Labute approximate surface area is 99.1 Å². The van der Waals surface area contributed by atoms with Crippen LogP contribution in [-0.2, 0) is 0 Å². The first-order valence-corrected chi connectivity index (χ1v) is 5.99. The van der Waals surface area contributed by atoms with Gasteiger partial charge in [-0.3, -0.25) is 0 Å². The quantitative estimate of drug-likeness (QED) is 0.749. The van der Waals surface area contributed by atoms with Crippen LogP contribution in [0.5, 0.6) is 0 Å². The fourth-order valence-corrected chi connectivity index (χ4v) is 2.05. The van der Waals surface area contributed by atoms with Crippen LogP contribution in [0.25, 0.3) is 0 Å². The molecular formula is C15H21N. The Kier molecular flexibility index (Phi) is 5.67. The van der Waals surface area contributed by atoms with Gasteiger partial charge in [0.05, 0.1) is 0 Å². The molecule has 2 atom stereocenters. The Morgan fingerprint density at radius 3 is 2.50 bits per heavy atom. The smallest absolute Gasteiger partial charge is 0.0117 e. The van der Waals surface area contributed by atoms with Gasteiger partial charge in [0, 0.05) is 12.5 Å². The molecule has 0 saturated carbocycles. The zero-order valence-electron chi connectivity index (χ0n) is 10.2. The highest BCUT2D eigenvalue weighted by molar-refractivity contribution is 5.21. The number of hydrogen-bond donors (Lipinski definition) is 1. The van der Waals surface area contributed by atoms with E-state index in [4.69, 9.17) is 5.73 Å². The van der Waals surface area contributed by atoms with Crippen LogP contribution >= 0.6 is 0 Å². The predicted molar refractivity (Wildman–Crippen MR) is 70.1 cm³/mol. The first kappa shape index (κ1) is 12.8. The van der Waals surface area contributed by atoms with Gasteiger partial charge in [0.1, 0.15) is 0 Å². The molecule has 1 aromatic carbocycles. The van der Waals surface area contributed by atoms with Gasteiger partial charge in [0.25, 0.3) is 0 Å². The molecule has 0 bridgehead atoms. The van der Waals surface area contributed by atoms with Gasteiger partial charge < -0.3 is 5.73 Å². The highest BCUT2D eigenvalue weighted by Gasteiger charge is 2.16. The van der Waals surface area contributed by atoms with Crippen LogP contribution < -0.4 is 5.73 Å². The average Bonchev–Trinajstić information content (AvgIpc) is 2.32. The van der Waals surface area contributed by atoms with Gasteiger partial charge in [-0.15, -0.1) is 11.8 Å². The van der Waals surface area contributed by atoms with Gasteiger partial charge in [0.15, 0.2) is 0 Å². The van der Waals surface area contributed by atoms with E-state index in [1.54, 1.807) is 0 Å². The van der Waals surface area contributed by atoms with Gasteiger partial charge in [-0.25, -0.2) is 0 Å². The van der Waals surface area contributed by atoms with E-state index in [1.165, 1.54) is 5.56 Å². The van der Waals surface area contributed by atoms with Crippen molar-refractivity contribution in [3.05, 3.63) is 35.9 Å². The Balaban J connectivity index is 2.62. The third-order valence-corrected chi connectivity index (χ3v) is 2.96. The highest BCUT2D eigenvalue weighted by atomic mass is 14.6. The van der Waals surface area contributed by atoms with Crippen molar-refractivity contribution in [2.75, 3.05) is 0 Å². The summed E-state index contributed by atoms with van der Waals surface area (Å²) in [4.78, 5) is 0. The summed E-state index contributed by atoms with van der Waals surface area (Å²) in [5, 5.41) is 0. The second-order valence-electron chi connectivity index (χ2n) is 4.05. The van der Waals surface area contributed by atoms with Crippen molar-refractivity contribution in [3.63, 3.8) is 0 Å². The van der Waals surface area contributed by atoms with E-state index in [2.05, 4.69) is 43.0 Å². The van der Waals surface area contributed by atoms with E-state index in [1.807, 2.05) is 13.0 Å². The molecule has 0 aliphatic rings. The molecule has 0 amide bonds. The molecule has 86 valence electrons. The summed E-state index contributed by atoms with van der Waals surface area (Å²) in [6.07, 6.45) is 2.97. The molecule has 0 aromatic heterocycles. The van der Waals surface area contributed by atoms with Crippen LogP contribution in [0.15, 0.2) is 30.3 Å². The zero-order chi connectivity index (χ0) is 11.8. The van der Waals surface area contributed by atoms with Gasteiger partial charge in [-0.1, -0.05) is 37.3 Å². The van der Waals surface area contributed by atoms with E-state index < -0.39 is 0 Å². The summed E-state index contributed by atoms with van der Waals surface area (Å²) >= 11 is 0. The van der Waals surface area contributed by atoms with Gasteiger partial charge >= 0.3 is 0 Å². The van der Waals surface area contributed by atoms with Crippen molar-refractivity contribution in [2.24, 2.45) is 5.73 Å². The van der Waals surface area contributed by atoms with Crippen LogP contribution in [0, 0.1) is 11.8 Å². The Morgan fingerprint density at radius 1 is 1.25 bits per heavy atom. The molecule has 2 N–H and O–H groups in total. The summed E-state index contributed by atoms with van der Waals surface area (Å²) in [5.74, 6) is 6.45. The maximum atomic E-state index is 6.23. The molecule has 0 aliphatic heterocycles. The third kappa shape index (κ3) is 3.72. The second-order valence-corrected chi connectivity index (χ2v) is 4.05. The third-order valence-electron chi connectivity index (χ3n) is 2.96. The maximum Gasteiger partial charge on any atom is 0.0117 e. The lowest BCUT2D eigenvalue weighted by Gasteiger charge is -2.22. The normalized spacial score (nSPS) is 13.7. The molecule has 0 spiro atoms. The van der Waals surface area contributed by atoms with E-state index >= 15 is 0 Å². The largest absolute Gasteiger partial charge is 0.327 e. The minimum absolute atomic E-state index is 0.216. The average molecular weight is 215 g/mol. The molecule has 0 heterocycles. The summed E-state index contributed by atoms with van der Waals surface area (Å²) in [7, 11) is 0. The lowest BCUT2D eigenvalue weighted by Crippen LogP contribution is -2.27. The molecule has 1 heteroatoms. The van der Waals surface area contributed by atoms with Gasteiger partial charge in [0.2, 0.25) is 0 Å². The van der Waals surface area contributed by atoms with Crippen LogP contribution in [-0.4, -0.2) is 6.04 Å². The summed E-state index contributed by atoms with van der Waals surface area (Å²) in [5.41, 5.74) is 7.58. The molecule has 0 saturated heterocycles. The Bertz CT molecular complexity index is 345. The number of benzene rings is 1. The van der Waals surface area contributed by atoms with Crippen LogP contribution in [0.1, 0.15) is 44.6 Å². The van der Waals surface area contributed by atoms with Crippen molar-refractivity contribution < 1.29 is 0 Å². The first-order chi connectivity index (χ1) is 7.79. The number of hydrogen-bond acceptors (Lipinski definition) is 1. The minimum atomic E-state index is 0.216. The van der Waals surface area contributed by atoms with Crippen LogP contribution in [0.3, 0.4) is 0 Å². The fourth-order valence-electron chi connectivity index (χ4n) is 2.05. The summed E-state index contributed by atoms with van der Waals surface area (Å²) in [6, 6.07) is 10.8. The summed E-state index contributed by atoms with van der Waals surface area (Å²) < 4.78 is 0. The Morgan fingerprint density at radius 2 is 1.94 bits per heavy atom. The zero-order valence-corrected chi connectivity index (χ0v) is 10.2. The van der Waals surface area contributed by atoms with Crippen LogP contribution in [0.2, 0.25) is 0 Å². The van der Waals surface area contributed by atoms with E-state index in [9.17, 15) is 0 Å². The van der Waals surface area contributed by atoms with E-state index in [0.29, 0.717) is 5.92 Å². The number of nitrogens with two attached hydrogens (primary N) is 1.